The van der Waals surface area contributed by atoms with E-state index in [-0.39, 0.29) is 17.7 Å². The van der Waals surface area contributed by atoms with Crippen molar-refractivity contribution >= 4 is 33.3 Å². The molecule has 160 valence electrons. The molecule has 30 heavy (non-hydrogen) atoms. The molecule has 4 rings (SSSR count). The summed E-state index contributed by atoms with van der Waals surface area (Å²) in [5, 5.41) is 0.760. The summed E-state index contributed by atoms with van der Waals surface area (Å²) in [7, 11) is -2.89. The molecule has 0 saturated carbocycles. The van der Waals surface area contributed by atoms with Crippen LogP contribution in [0.15, 0.2) is 35.0 Å². The SMILES string of the molecule is C[C@@H]1COCCN1c1cc(/N=[SH](=O)/CC(F)(F)F)nc(-c2ccnc3[nH]ccc23)n1. The fourth-order valence-corrected chi connectivity index (χ4v) is 3.98. The van der Waals surface area contributed by atoms with Gasteiger partial charge >= 0.3 is 6.18 Å². The average Bonchev–Trinajstić information content (AvgIpc) is 3.15. The van der Waals surface area contributed by atoms with Gasteiger partial charge in [0.15, 0.2) is 11.6 Å². The Morgan fingerprint density at radius 1 is 1.37 bits per heavy atom. The second kappa shape index (κ2) is 8.19. The first kappa shape index (κ1) is 20.5. The molecule has 0 spiro atoms. The van der Waals surface area contributed by atoms with Crippen LogP contribution >= 0.6 is 0 Å². The van der Waals surface area contributed by atoms with Gasteiger partial charge < -0.3 is 14.6 Å². The summed E-state index contributed by atoms with van der Waals surface area (Å²) in [6.07, 6.45) is -1.26. The van der Waals surface area contributed by atoms with Crippen LogP contribution in [-0.2, 0) is 15.3 Å². The maximum Gasteiger partial charge on any atom is 0.400 e. The molecule has 1 unspecified atom stereocenters. The average molecular weight is 440 g/mol. The highest BCUT2D eigenvalue weighted by molar-refractivity contribution is 7.75. The van der Waals surface area contributed by atoms with E-state index in [0.717, 1.165) is 5.39 Å². The molecular formula is C18H19F3N6O2S. The molecule has 3 aromatic rings. The van der Waals surface area contributed by atoms with E-state index in [1.807, 2.05) is 17.9 Å². The number of morpholine rings is 1. The van der Waals surface area contributed by atoms with Crippen molar-refractivity contribution in [2.75, 3.05) is 30.4 Å². The predicted molar refractivity (Wildman–Crippen MR) is 107 cm³/mol. The minimum atomic E-state index is -4.57. The number of aromatic nitrogens is 4. The second-order valence-electron chi connectivity index (χ2n) is 6.85. The van der Waals surface area contributed by atoms with Crippen molar-refractivity contribution in [3.8, 4) is 11.4 Å². The summed E-state index contributed by atoms with van der Waals surface area (Å²) in [4.78, 5) is 18.1. The number of aromatic amines is 1. The van der Waals surface area contributed by atoms with Gasteiger partial charge in [-0.1, -0.05) is 0 Å². The number of halogens is 3. The molecule has 1 saturated heterocycles. The zero-order chi connectivity index (χ0) is 21.3. The summed E-state index contributed by atoms with van der Waals surface area (Å²) >= 11 is 0. The maximum atomic E-state index is 12.6. The highest BCUT2D eigenvalue weighted by atomic mass is 32.2. The lowest BCUT2D eigenvalue weighted by Gasteiger charge is -2.34. The standard InChI is InChI=1S/C18H19F3N6O2S/c1-11-9-29-7-6-27(11)15-8-14(26-30(28)10-18(19,20)21)24-17(25-15)13-3-5-23-16-12(13)2-4-22-16/h2-5,8,11,30H,6-7,9-10H2,1H3,(H,22,23)/t11-/m1/s1. The molecule has 1 N–H and O–H groups in total. The van der Waals surface area contributed by atoms with Gasteiger partial charge in [-0.15, -0.1) is 0 Å². The van der Waals surface area contributed by atoms with Crippen molar-refractivity contribution in [2.24, 2.45) is 4.36 Å². The number of anilines is 1. The summed E-state index contributed by atoms with van der Waals surface area (Å²) < 4.78 is 59.0. The summed E-state index contributed by atoms with van der Waals surface area (Å²) in [5.74, 6) is -0.792. The van der Waals surface area contributed by atoms with Gasteiger partial charge in [-0.2, -0.15) is 17.5 Å². The lowest BCUT2D eigenvalue weighted by atomic mass is 10.1. The van der Waals surface area contributed by atoms with E-state index in [4.69, 9.17) is 4.74 Å². The topological polar surface area (TPSA) is 96.4 Å². The molecule has 8 nitrogen and oxygen atoms in total. The van der Waals surface area contributed by atoms with Gasteiger partial charge in [0.2, 0.25) is 0 Å². The van der Waals surface area contributed by atoms with Crippen molar-refractivity contribution < 1.29 is 22.1 Å². The number of pyridine rings is 1. The van der Waals surface area contributed by atoms with Crippen LogP contribution in [0.1, 0.15) is 6.92 Å². The zero-order valence-electron chi connectivity index (χ0n) is 15.9. The van der Waals surface area contributed by atoms with Gasteiger partial charge in [0, 0.05) is 36.0 Å². The smallest absolute Gasteiger partial charge is 0.377 e. The van der Waals surface area contributed by atoms with Gasteiger partial charge in [0.1, 0.15) is 17.2 Å². The Labute approximate surface area is 171 Å². The van der Waals surface area contributed by atoms with E-state index in [9.17, 15) is 17.4 Å². The number of thiol groups is 1. The molecule has 1 aliphatic rings. The number of alkyl halides is 3. The van der Waals surface area contributed by atoms with Crippen molar-refractivity contribution in [3.63, 3.8) is 0 Å². The van der Waals surface area contributed by atoms with Crippen LogP contribution in [0.3, 0.4) is 0 Å². The summed E-state index contributed by atoms with van der Waals surface area (Å²) in [6, 6.07) is 5.00. The molecule has 0 amide bonds. The van der Waals surface area contributed by atoms with Gasteiger partial charge in [-0.05, 0) is 19.1 Å². The number of ether oxygens (including phenoxy) is 1. The lowest BCUT2D eigenvalue weighted by molar-refractivity contribution is -0.105. The Kier molecular flexibility index (Phi) is 5.60. The highest BCUT2D eigenvalue weighted by Gasteiger charge is 2.28. The lowest BCUT2D eigenvalue weighted by Crippen LogP contribution is -2.44. The summed E-state index contributed by atoms with van der Waals surface area (Å²) in [6.45, 7) is 3.50. The number of fused-ring (bicyclic) bond motifs is 1. The van der Waals surface area contributed by atoms with Crippen LogP contribution in [-0.4, -0.2) is 61.9 Å². The third-order valence-electron chi connectivity index (χ3n) is 4.59. The van der Waals surface area contributed by atoms with Crippen molar-refractivity contribution in [1.82, 2.24) is 19.9 Å². The molecule has 1 fully saturated rings. The van der Waals surface area contributed by atoms with Crippen molar-refractivity contribution in [3.05, 3.63) is 30.6 Å². The fourth-order valence-electron chi connectivity index (χ4n) is 3.27. The number of hydrogen-bond donors (Lipinski definition) is 2. The Morgan fingerprint density at radius 3 is 2.97 bits per heavy atom. The molecule has 1 aliphatic heterocycles. The largest absolute Gasteiger partial charge is 0.400 e. The minimum Gasteiger partial charge on any atom is -0.377 e. The van der Waals surface area contributed by atoms with Crippen molar-refractivity contribution in [2.45, 2.75) is 19.1 Å². The Balaban J connectivity index is 1.83. The van der Waals surface area contributed by atoms with Crippen LogP contribution in [0.2, 0.25) is 0 Å². The minimum absolute atomic E-state index is 0.00278. The normalized spacial score (nSPS) is 18.8. The van der Waals surface area contributed by atoms with Gasteiger partial charge in [-0.3, -0.25) is 4.21 Å². The molecule has 2 atom stereocenters. The van der Waals surface area contributed by atoms with Gasteiger partial charge in [-0.25, -0.2) is 15.0 Å². The molecule has 4 heterocycles. The van der Waals surface area contributed by atoms with Gasteiger partial charge in [0.05, 0.1) is 29.9 Å². The quantitative estimate of drug-likeness (QED) is 0.606. The van der Waals surface area contributed by atoms with Crippen LogP contribution < -0.4 is 4.90 Å². The first-order valence-electron chi connectivity index (χ1n) is 9.19. The van der Waals surface area contributed by atoms with E-state index in [1.54, 1.807) is 18.5 Å². The van der Waals surface area contributed by atoms with E-state index in [1.165, 1.54) is 6.07 Å². The van der Waals surface area contributed by atoms with Crippen LogP contribution in [0.5, 0.6) is 0 Å². The number of nitrogens with zero attached hydrogens (tertiary/aromatic N) is 5. The maximum absolute atomic E-state index is 12.6. The zero-order valence-corrected chi connectivity index (χ0v) is 16.8. The number of H-pyrrole nitrogens is 1. The van der Waals surface area contributed by atoms with Crippen LogP contribution in [0.25, 0.3) is 22.4 Å². The number of nitrogens with one attached hydrogen (secondary N) is 1. The third kappa shape index (κ3) is 4.54. The fraction of sp³-hybridized carbons (Fsp3) is 0.389. The Hall–Kier alpha value is -2.73. The molecule has 12 heteroatoms. The van der Waals surface area contributed by atoms with Crippen LogP contribution in [0, 0.1) is 0 Å². The molecule has 0 aliphatic carbocycles. The van der Waals surface area contributed by atoms with E-state index in [0.29, 0.717) is 36.8 Å². The first-order valence-corrected chi connectivity index (χ1v) is 10.6. The molecule has 3 aromatic heterocycles. The van der Waals surface area contributed by atoms with Crippen molar-refractivity contribution in [1.29, 1.82) is 0 Å². The van der Waals surface area contributed by atoms with E-state index >= 15 is 0 Å². The molecule has 0 aromatic carbocycles. The first-order chi connectivity index (χ1) is 14.3. The van der Waals surface area contributed by atoms with E-state index in [2.05, 4.69) is 24.3 Å². The Bertz CT molecular complexity index is 1140. The molecular weight excluding hydrogens is 421 g/mol. The second-order valence-corrected chi connectivity index (χ2v) is 8.07. The monoisotopic (exact) mass is 440 g/mol. The summed E-state index contributed by atoms with van der Waals surface area (Å²) in [5.41, 5.74) is 1.27. The number of hydrogen-bond acceptors (Lipinski definition) is 7. The third-order valence-corrected chi connectivity index (χ3v) is 5.65. The highest BCUT2D eigenvalue weighted by Crippen LogP contribution is 2.30. The Morgan fingerprint density at radius 2 is 2.20 bits per heavy atom. The molecule has 0 bridgehead atoms. The number of rotatable bonds is 4. The molecule has 0 radical (unpaired) electrons. The predicted octanol–water partition coefficient (Wildman–Crippen LogP) is 3.10. The van der Waals surface area contributed by atoms with Crippen LogP contribution in [0.4, 0.5) is 24.8 Å². The van der Waals surface area contributed by atoms with Gasteiger partial charge in [0.25, 0.3) is 0 Å². The van der Waals surface area contributed by atoms with E-state index < -0.39 is 22.5 Å².